The smallest absolute Gasteiger partial charge is 0.219 e. The molecule has 5 nitrogen and oxygen atoms in total. The summed E-state index contributed by atoms with van der Waals surface area (Å²) < 4.78 is 5.49. The number of carbonyl (C=O) groups excluding carboxylic acids is 1. The van der Waals surface area contributed by atoms with Crippen LogP contribution in [0.3, 0.4) is 0 Å². The third kappa shape index (κ3) is 3.86. The van der Waals surface area contributed by atoms with Crippen LogP contribution in [0.5, 0.6) is 0 Å². The van der Waals surface area contributed by atoms with E-state index in [4.69, 9.17) is 16.3 Å². The average molecular weight is 441 g/mol. The third-order valence-electron chi connectivity index (χ3n) is 6.70. The summed E-state index contributed by atoms with van der Waals surface area (Å²) in [5.41, 5.74) is 3.14. The van der Waals surface area contributed by atoms with Crippen molar-refractivity contribution < 1.29 is 14.6 Å². The van der Waals surface area contributed by atoms with Crippen molar-refractivity contribution in [3.63, 3.8) is 0 Å². The van der Waals surface area contributed by atoms with Gasteiger partial charge in [-0.05, 0) is 54.5 Å². The molecule has 2 aromatic rings. The maximum absolute atomic E-state index is 12.2. The maximum atomic E-state index is 12.2. The van der Waals surface area contributed by atoms with Crippen LogP contribution < -0.4 is 5.32 Å². The highest BCUT2D eigenvalue weighted by Crippen LogP contribution is 2.45. The Kier molecular flexibility index (Phi) is 6.11. The summed E-state index contributed by atoms with van der Waals surface area (Å²) in [7, 11) is 1.65. The second-order valence-electron chi connectivity index (χ2n) is 8.43. The topological polar surface area (TPSA) is 61.8 Å². The monoisotopic (exact) mass is 440 g/mol. The molecule has 2 aliphatic heterocycles. The summed E-state index contributed by atoms with van der Waals surface area (Å²) in [6.45, 7) is 4.85. The molecule has 0 bridgehead atoms. The van der Waals surface area contributed by atoms with E-state index >= 15 is 0 Å². The van der Waals surface area contributed by atoms with Crippen LogP contribution in [0.25, 0.3) is 5.03 Å². The molecule has 2 aliphatic rings. The van der Waals surface area contributed by atoms with Crippen molar-refractivity contribution in [2.24, 2.45) is 5.92 Å². The van der Waals surface area contributed by atoms with Gasteiger partial charge in [-0.1, -0.05) is 48.0 Å². The lowest BCUT2D eigenvalue weighted by atomic mass is 9.71. The number of hydrogen-bond acceptors (Lipinski definition) is 4. The van der Waals surface area contributed by atoms with Crippen LogP contribution in [-0.4, -0.2) is 42.3 Å². The first-order valence-corrected chi connectivity index (χ1v) is 11.1. The predicted molar refractivity (Wildman–Crippen MR) is 124 cm³/mol. The van der Waals surface area contributed by atoms with E-state index in [9.17, 15) is 9.90 Å². The highest BCUT2D eigenvalue weighted by molar-refractivity contribution is 6.50. The zero-order chi connectivity index (χ0) is 22.2. The number of ether oxygens (including phenoxy) is 1. The number of fused-ring (bicyclic) bond motifs is 1. The number of halogens is 1. The van der Waals surface area contributed by atoms with E-state index in [1.165, 1.54) is 0 Å². The number of anilines is 1. The van der Waals surface area contributed by atoms with Gasteiger partial charge in [-0.2, -0.15) is 0 Å². The lowest BCUT2D eigenvalue weighted by Gasteiger charge is -2.42. The Bertz CT molecular complexity index is 999. The Morgan fingerprint density at radius 2 is 1.84 bits per heavy atom. The van der Waals surface area contributed by atoms with Crippen LogP contribution in [0.2, 0.25) is 0 Å². The van der Waals surface area contributed by atoms with Crippen molar-refractivity contribution in [2.45, 2.75) is 38.5 Å². The van der Waals surface area contributed by atoms with Gasteiger partial charge in [0.25, 0.3) is 0 Å². The van der Waals surface area contributed by atoms with E-state index in [0.29, 0.717) is 18.1 Å². The quantitative estimate of drug-likeness (QED) is 0.732. The van der Waals surface area contributed by atoms with E-state index in [2.05, 4.69) is 5.32 Å². The molecular formula is C25H29ClN2O3. The average Bonchev–Trinajstić information content (AvgIpc) is 2.81. The molecule has 1 fully saturated rings. The largest absolute Gasteiger partial charge is 0.380 e. The summed E-state index contributed by atoms with van der Waals surface area (Å²) in [6.07, 6.45) is 1.19. The molecule has 164 valence electrons. The molecule has 2 heterocycles. The molecule has 0 radical (unpaired) electrons. The first-order valence-electron chi connectivity index (χ1n) is 10.7. The van der Waals surface area contributed by atoms with Crippen molar-refractivity contribution in [3.05, 3.63) is 70.8 Å². The zero-order valence-electron chi connectivity index (χ0n) is 18.2. The van der Waals surface area contributed by atoms with E-state index in [1.54, 1.807) is 14.0 Å². The van der Waals surface area contributed by atoms with Crippen molar-refractivity contribution in [3.8, 4) is 0 Å². The number of carbonyl (C=O) groups is 1. The first kappa shape index (κ1) is 21.9. The Morgan fingerprint density at radius 3 is 2.45 bits per heavy atom. The van der Waals surface area contributed by atoms with Crippen molar-refractivity contribution >= 4 is 28.2 Å². The normalized spacial score (nSPS) is 21.3. The minimum Gasteiger partial charge on any atom is -0.380 e. The van der Waals surface area contributed by atoms with Crippen LogP contribution in [0, 0.1) is 5.92 Å². The fraction of sp³-hybridized carbons (Fsp3) is 0.400. The molecule has 6 heteroatoms. The lowest BCUT2D eigenvalue weighted by molar-refractivity contribution is -0.131. The van der Waals surface area contributed by atoms with Gasteiger partial charge in [-0.25, -0.2) is 0 Å². The molecule has 0 saturated carbocycles. The highest BCUT2D eigenvalue weighted by Gasteiger charge is 2.42. The summed E-state index contributed by atoms with van der Waals surface area (Å²) in [5.74, 6) is 0.0670. The number of rotatable bonds is 4. The molecule has 2 aromatic carbocycles. The third-order valence-corrected chi connectivity index (χ3v) is 7.20. The summed E-state index contributed by atoms with van der Waals surface area (Å²) in [5, 5.41) is 16.2. The van der Waals surface area contributed by atoms with Gasteiger partial charge in [0.2, 0.25) is 5.91 Å². The SMILES string of the molecule is COC1Nc2ccc([C@@](O)(c3ccccc3)C3CCN(C(C)=O)CC3)cc2C(Cl)=C1C. The molecule has 1 unspecified atom stereocenters. The molecule has 4 rings (SSSR count). The standard InChI is InChI=1S/C25H29ClN2O3/c1-16-23(26)21-15-20(9-10-22(21)27-24(16)31-3)25(30,18-7-5-4-6-8-18)19-11-13-28(14-12-19)17(2)29/h4-10,15,19,24,27,30H,11-14H2,1-3H3/t24?,25-/m1/s1. The molecule has 1 amide bonds. The van der Waals surface area contributed by atoms with Gasteiger partial charge in [0, 0.05) is 38.4 Å². The number of hydrogen-bond donors (Lipinski definition) is 2. The molecule has 2 N–H and O–H groups in total. The minimum atomic E-state index is -1.18. The lowest BCUT2D eigenvalue weighted by Crippen LogP contribution is -2.45. The van der Waals surface area contributed by atoms with Gasteiger partial charge in [0.1, 0.15) is 5.60 Å². The van der Waals surface area contributed by atoms with Gasteiger partial charge in [-0.15, -0.1) is 0 Å². The first-order chi connectivity index (χ1) is 14.9. The Morgan fingerprint density at radius 1 is 1.16 bits per heavy atom. The summed E-state index contributed by atoms with van der Waals surface area (Å²) >= 11 is 6.71. The number of nitrogens with one attached hydrogen (secondary N) is 1. The molecule has 31 heavy (non-hydrogen) atoms. The second kappa shape index (κ2) is 8.65. The Labute approximate surface area is 188 Å². The number of aliphatic hydroxyl groups is 1. The van der Waals surface area contributed by atoms with Gasteiger partial charge in [0.15, 0.2) is 6.23 Å². The molecule has 1 saturated heterocycles. The molecule has 0 aliphatic carbocycles. The fourth-order valence-electron chi connectivity index (χ4n) is 4.84. The van der Waals surface area contributed by atoms with Crippen LogP contribution in [0.4, 0.5) is 5.69 Å². The highest BCUT2D eigenvalue weighted by atomic mass is 35.5. The van der Waals surface area contributed by atoms with Crippen molar-refractivity contribution in [1.82, 2.24) is 4.90 Å². The number of piperidine rings is 1. The van der Waals surface area contributed by atoms with Crippen LogP contribution >= 0.6 is 11.6 Å². The van der Waals surface area contributed by atoms with Gasteiger partial charge >= 0.3 is 0 Å². The zero-order valence-corrected chi connectivity index (χ0v) is 18.9. The predicted octanol–water partition coefficient (Wildman–Crippen LogP) is 4.55. The van der Waals surface area contributed by atoms with Gasteiger partial charge in [-0.3, -0.25) is 4.79 Å². The Balaban J connectivity index is 1.78. The molecule has 0 aromatic heterocycles. The van der Waals surface area contributed by atoms with Crippen molar-refractivity contribution in [2.75, 3.05) is 25.5 Å². The number of amides is 1. The van der Waals surface area contributed by atoms with Gasteiger partial charge in [0.05, 0.1) is 5.03 Å². The number of benzene rings is 2. The van der Waals surface area contributed by atoms with Crippen LogP contribution in [0.1, 0.15) is 43.4 Å². The Hall–Kier alpha value is -2.34. The summed E-state index contributed by atoms with van der Waals surface area (Å²) in [6, 6.07) is 15.7. The van der Waals surface area contributed by atoms with E-state index in [-0.39, 0.29) is 18.1 Å². The fourth-order valence-corrected chi connectivity index (χ4v) is 5.10. The van der Waals surface area contributed by atoms with Gasteiger partial charge < -0.3 is 20.1 Å². The molecular weight excluding hydrogens is 412 g/mol. The van der Waals surface area contributed by atoms with E-state index in [1.807, 2.05) is 60.4 Å². The van der Waals surface area contributed by atoms with E-state index in [0.717, 1.165) is 40.8 Å². The number of nitrogens with zero attached hydrogens (tertiary/aromatic N) is 1. The number of methoxy groups -OCH3 is 1. The van der Waals surface area contributed by atoms with Crippen LogP contribution in [-0.2, 0) is 15.1 Å². The van der Waals surface area contributed by atoms with Crippen LogP contribution in [0.15, 0.2) is 54.1 Å². The number of likely N-dealkylation sites (tertiary alicyclic amines) is 1. The minimum absolute atomic E-state index is 0.0179. The van der Waals surface area contributed by atoms with Crippen molar-refractivity contribution in [1.29, 1.82) is 0 Å². The second-order valence-corrected chi connectivity index (χ2v) is 8.81. The van der Waals surface area contributed by atoms with E-state index < -0.39 is 5.60 Å². The summed E-state index contributed by atoms with van der Waals surface area (Å²) in [4.78, 5) is 13.7. The molecule has 0 spiro atoms. The molecule has 2 atom stereocenters. The maximum Gasteiger partial charge on any atom is 0.219 e.